The highest BCUT2D eigenvalue weighted by Crippen LogP contribution is 2.45. The number of hydrogen-bond donors (Lipinski definition) is 0. The van der Waals surface area contributed by atoms with Crippen molar-refractivity contribution in [3.05, 3.63) is 146 Å². The second-order valence-electron chi connectivity index (χ2n) is 10.8. The molecular formula is C39H24N4S. The molecule has 0 unspecified atom stereocenters. The van der Waals surface area contributed by atoms with Gasteiger partial charge in [-0.25, -0.2) is 15.0 Å². The highest BCUT2D eigenvalue weighted by molar-refractivity contribution is 7.27. The summed E-state index contributed by atoms with van der Waals surface area (Å²) in [5.41, 5.74) is 6.51. The molecule has 0 radical (unpaired) electrons. The molecule has 0 saturated heterocycles. The van der Waals surface area contributed by atoms with Crippen molar-refractivity contribution in [2.75, 3.05) is 0 Å². The maximum absolute atomic E-state index is 5.06. The molecule has 9 aromatic rings. The molecule has 0 aliphatic carbocycles. The fraction of sp³-hybridized carbons (Fsp3) is 0. The van der Waals surface area contributed by atoms with E-state index in [4.69, 9.17) is 15.0 Å². The molecule has 0 spiro atoms. The second-order valence-corrected chi connectivity index (χ2v) is 11.9. The fourth-order valence-corrected chi connectivity index (χ4v) is 7.63. The van der Waals surface area contributed by atoms with Crippen molar-refractivity contribution in [3.8, 4) is 39.9 Å². The Labute approximate surface area is 257 Å². The zero-order valence-corrected chi connectivity index (χ0v) is 24.4. The lowest BCUT2D eigenvalue weighted by Gasteiger charge is -2.09. The predicted octanol–water partition coefficient (Wildman–Crippen LogP) is 10.3. The van der Waals surface area contributed by atoms with Gasteiger partial charge in [-0.2, -0.15) is 0 Å². The van der Waals surface area contributed by atoms with Gasteiger partial charge in [0.05, 0.1) is 11.0 Å². The Morgan fingerprint density at radius 1 is 0.409 bits per heavy atom. The van der Waals surface area contributed by atoms with Gasteiger partial charge in [0, 0.05) is 53.3 Å². The van der Waals surface area contributed by atoms with Gasteiger partial charge in [0.1, 0.15) is 0 Å². The minimum Gasteiger partial charge on any atom is -0.309 e. The summed E-state index contributed by atoms with van der Waals surface area (Å²) in [4.78, 5) is 15.0. The molecule has 9 rings (SSSR count). The van der Waals surface area contributed by atoms with Crippen molar-refractivity contribution in [1.82, 2.24) is 19.5 Å². The van der Waals surface area contributed by atoms with Crippen LogP contribution in [0.1, 0.15) is 0 Å². The summed E-state index contributed by atoms with van der Waals surface area (Å²) < 4.78 is 4.83. The molecule has 4 nitrogen and oxygen atoms in total. The van der Waals surface area contributed by atoms with Gasteiger partial charge in [0.2, 0.25) is 0 Å². The van der Waals surface area contributed by atoms with Gasteiger partial charge in [0.25, 0.3) is 0 Å². The van der Waals surface area contributed by atoms with E-state index in [9.17, 15) is 0 Å². The third-order valence-corrected chi connectivity index (χ3v) is 9.53. The molecule has 3 heterocycles. The lowest BCUT2D eigenvalue weighted by molar-refractivity contribution is 1.08. The van der Waals surface area contributed by atoms with Gasteiger partial charge in [-0.3, -0.25) is 0 Å². The first-order chi connectivity index (χ1) is 21.8. The van der Waals surface area contributed by atoms with E-state index in [0.717, 1.165) is 22.4 Å². The quantitative estimate of drug-likeness (QED) is 0.208. The van der Waals surface area contributed by atoms with E-state index >= 15 is 0 Å². The van der Waals surface area contributed by atoms with Crippen LogP contribution in [0.4, 0.5) is 0 Å². The maximum atomic E-state index is 5.06. The van der Waals surface area contributed by atoms with Crippen LogP contribution in [0.15, 0.2) is 146 Å². The minimum absolute atomic E-state index is 0.667. The molecule has 0 saturated carbocycles. The lowest BCUT2D eigenvalue weighted by Crippen LogP contribution is -2.00. The van der Waals surface area contributed by atoms with Crippen molar-refractivity contribution >= 4 is 53.3 Å². The van der Waals surface area contributed by atoms with Crippen molar-refractivity contribution in [3.63, 3.8) is 0 Å². The molecule has 0 bridgehead atoms. The first-order valence-electron chi connectivity index (χ1n) is 14.6. The largest absolute Gasteiger partial charge is 0.309 e. The number of aromatic nitrogens is 4. The van der Waals surface area contributed by atoms with E-state index < -0.39 is 0 Å². The highest BCUT2D eigenvalue weighted by Gasteiger charge is 2.20. The molecule has 0 fully saturated rings. The number of hydrogen-bond acceptors (Lipinski definition) is 4. The zero-order valence-electron chi connectivity index (χ0n) is 23.6. The fourth-order valence-electron chi connectivity index (χ4n) is 6.27. The van der Waals surface area contributed by atoms with E-state index in [1.807, 2.05) is 72.0 Å². The van der Waals surface area contributed by atoms with Crippen LogP contribution in [0.3, 0.4) is 0 Å². The third-order valence-electron chi connectivity index (χ3n) is 8.25. The van der Waals surface area contributed by atoms with Crippen LogP contribution in [-0.4, -0.2) is 19.5 Å². The van der Waals surface area contributed by atoms with Crippen molar-refractivity contribution in [2.24, 2.45) is 0 Å². The Kier molecular flexibility index (Phi) is 5.64. The monoisotopic (exact) mass is 580 g/mol. The molecule has 0 aliphatic rings. The summed E-state index contributed by atoms with van der Waals surface area (Å²) in [7, 11) is 0. The van der Waals surface area contributed by atoms with Crippen LogP contribution in [-0.2, 0) is 0 Å². The summed E-state index contributed by atoms with van der Waals surface area (Å²) in [5, 5.41) is 4.99. The Balaban J connectivity index is 1.34. The number of thiophene rings is 1. The summed E-state index contributed by atoms with van der Waals surface area (Å²) >= 11 is 1.83. The van der Waals surface area contributed by atoms with Crippen LogP contribution >= 0.6 is 11.3 Å². The lowest BCUT2D eigenvalue weighted by atomic mass is 10.1. The topological polar surface area (TPSA) is 43.6 Å². The van der Waals surface area contributed by atoms with Gasteiger partial charge in [-0.05, 0) is 30.3 Å². The van der Waals surface area contributed by atoms with Crippen LogP contribution in [0.25, 0.3) is 81.8 Å². The average molecular weight is 581 g/mol. The Morgan fingerprint density at radius 3 is 1.68 bits per heavy atom. The van der Waals surface area contributed by atoms with Gasteiger partial charge >= 0.3 is 0 Å². The van der Waals surface area contributed by atoms with Crippen molar-refractivity contribution < 1.29 is 0 Å². The number of fused-ring (bicyclic) bond motifs is 7. The molecule has 0 aliphatic heterocycles. The van der Waals surface area contributed by atoms with Crippen LogP contribution < -0.4 is 0 Å². The smallest absolute Gasteiger partial charge is 0.165 e. The average Bonchev–Trinajstić information content (AvgIpc) is 3.65. The second kappa shape index (κ2) is 9.97. The number of nitrogens with zero attached hydrogens (tertiary/aromatic N) is 4. The first kappa shape index (κ1) is 24.9. The molecule has 3 aromatic heterocycles. The number of rotatable bonds is 4. The number of benzene rings is 6. The zero-order chi connectivity index (χ0) is 29.0. The molecular weight excluding hydrogens is 557 g/mol. The van der Waals surface area contributed by atoms with Crippen molar-refractivity contribution in [1.29, 1.82) is 0 Å². The van der Waals surface area contributed by atoms with Crippen LogP contribution in [0.2, 0.25) is 0 Å². The predicted molar refractivity (Wildman–Crippen MR) is 183 cm³/mol. The molecule has 6 aromatic carbocycles. The molecule has 44 heavy (non-hydrogen) atoms. The van der Waals surface area contributed by atoms with E-state index in [2.05, 4.69) is 89.5 Å². The van der Waals surface area contributed by atoms with Gasteiger partial charge < -0.3 is 4.57 Å². The molecule has 5 heteroatoms. The summed E-state index contributed by atoms with van der Waals surface area (Å²) in [5.74, 6) is 2.01. The normalized spacial score (nSPS) is 11.6. The maximum Gasteiger partial charge on any atom is 0.165 e. The van der Waals surface area contributed by atoms with Gasteiger partial charge in [0.15, 0.2) is 17.5 Å². The Hall–Kier alpha value is -5.65. The SMILES string of the molecule is c1ccc(-c2nc(-c3ccccc3)nc(-c3cccc4c3sc3c4ccc4c3c3ccccc3n4-c3ccccc3)n2)cc1. The Morgan fingerprint density at radius 2 is 0.977 bits per heavy atom. The van der Waals surface area contributed by atoms with E-state index in [1.165, 1.54) is 42.0 Å². The van der Waals surface area contributed by atoms with E-state index in [0.29, 0.717) is 17.5 Å². The molecule has 0 amide bonds. The highest BCUT2D eigenvalue weighted by atomic mass is 32.1. The molecule has 0 atom stereocenters. The molecule has 206 valence electrons. The van der Waals surface area contributed by atoms with Gasteiger partial charge in [-0.15, -0.1) is 11.3 Å². The summed E-state index contributed by atoms with van der Waals surface area (Å²) in [6.07, 6.45) is 0. The summed E-state index contributed by atoms with van der Waals surface area (Å²) in [6.45, 7) is 0. The van der Waals surface area contributed by atoms with Crippen LogP contribution in [0, 0.1) is 0 Å². The van der Waals surface area contributed by atoms with E-state index in [-0.39, 0.29) is 0 Å². The van der Waals surface area contributed by atoms with Crippen LogP contribution in [0.5, 0.6) is 0 Å². The summed E-state index contributed by atoms with van der Waals surface area (Å²) in [6, 6.07) is 50.6. The van der Waals surface area contributed by atoms with Crippen molar-refractivity contribution in [2.45, 2.75) is 0 Å². The minimum atomic E-state index is 0.667. The Bertz CT molecular complexity index is 2420. The standard InChI is InChI=1S/C39H24N4S/c1-4-13-25(14-5-1)37-40-38(26-15-6-2-7-16-26)42-39(41-37)31-21-12-20-28-29-23-24-33-34(36(29)44-35(28)31)30-19-10-11-22-32(30)43(33)27-17-8-3-9-18-27/h1-24H. The third kappa shape index (κ3) is 3.87. The molecule has 0 N–H and O–H groups in total. The number of para-hydroxylation sites is 2. The first-order valence-corrected chi connectivity index (χ1v) is 15.5. The van der Waals surface area contributed by atoms with E-state index in [1.54, 1.807) is 0 Å². The van der Waals surface area contributed by atoms with Gasteiger partial charge in [-0.1, -0.05) is 115 Å².